The summed E-state index contributed by atoms with van der Waals surface area (Å²) in [7, 11) is -2.18. The van der Waals surface area contributed by atoms with Gasteiger partial charge in [0, 0.05) is 14.9 Å². The average molecular weight is 560 g/mol. The average Bonchev–Trinajstić information content (AvgIpc) is 2.73. The van der Waals surface area contributed by atoms with E-state index in [4.69, 9.17) is 14.3 Å². The monoisotopic (exact) mass is 558 g/mol. The van der Waals surface area contributed by atoms with Gasteiger partial charge in [-0.3, -0.25) is 0 Å². The molecule has 2 N–H and O–H groups in total. The number of hydrogen-bond acceptors (Lipinski definition) is 3. The fourth-order valence-corrected chi connectivity index (χ4v) is 4.57. The van der Waals surface area contributed by atoms with E-state index in [1.54, 1.807) is 0 Å². The molecule has 0 atom stereocenters. The SMILES string of the molecule is OP(O)OCCCCCCCCCCCC(c1ccc(Br)cc1)c1ccc(Br)cc1. The molecule has 0 amide bonds. The van der Waals surface area contributed by atoms with E-state index in [0.29, 0.717) is 12.5 Å². The molecule has 2 aromatic rings. The molecule has 6 heteroatoms. The summed E-state index contributed by atoms with van der Waals surface area (Å²) in [4.78, 5) is 17.4. The van der Waals surface area contributed by atoms with Gasteiger partial charge in [0.1, 0.15) is 0 Å². The highest BCUT2D eigenvalue weighted by Gasteiger charge is 2.14. The van der Waals surface area contributed by atoms with Crippen molar-refractivity contribution in [2.45, 2.75) is 70.1 Å². The first-order valence-corrected chi connectivity index (χ1v) is 13.6. The molecule has 0 bridgehead atoms. The van der Waals surface area contributed by atoms with E-state index in [1.807, 2.05) is 0 Å². The summed E-state index contributed by atoms with van der Waals surface area (Å²) in [6.07, 6.45) is 12.1. The molecule has 3 nitrogen and oxygen atoms in total. The third-order valence-electron chi connectivity index (χ3n) is 5.39. The minimum Gasteiger partial charge on any atom is -0.328 e. The molecule has 2 rings (SSSR count). The molecule has 0 aliphatic rings. The molecule has 166 valence electrons. The molecule has 0 aliphatic carbocycles. The van der Waals surface area contributed by atoms with Gasteiger partial charge >= 0.3 is 8.60 Å². The summed E-state index contributed by atoms with van der Waals surface area (Å²) in [5.41, 5.74) is 2.78. The highest BCUT2D eigenvalue weighted by molar-refractivity contribution is 9.10. The molecule has 0 spiro atoms. The van der Waals surface area contributed by atoms with Crippen molar-refractivity contribution in [1.82, 2.24) is 0 Å². The second-order valence-electron chi connectivity index (χ2n) is 7.71. The van der Waals surface area contributed by atoms with Crippen LogP contribution in [0.15, 0.2) is 57.5 Å². The van der Waals surface area contributed by atoms with Crippen LogP contribution in [0.5, 0.6) is 0 Å². The van der Waals surface area contributed by atoms with Crippen molar-refractivity contribution in [3.8, 4) is 0 Å². The molecule has 30 heavy (non-hydrogen) atoms. The van der Waals surface area contributed by atoms with Gasteiger partial charge in [0.2, 0.25) is 0 Å². The Morgan fingerprint density at radius 2 is 1.03 bits per heavy atom. The summed E-state index contributed by atoms with van der Waals surface area (Å²) in [6.45, 7) is 0.455. The fraction of sp³-hybridized carbons (Fsp3) is 0.500. The first kappa shape index (κ1) is 26.0. The third kappa shape index (κ3) is 10.8. The molecule has 2 aromatic carbocycles. The number of unbranched alkanes of at least 4 members (excludes halogenated alkanes) is 8. The molecule has 0 saturated carbocycles. The largest absolute Gasteiger partial charge is 0.328 e. The zero-order valence-corrected chi connectivity index (χ0v) is 21.5. The maximum Gasteiger partial charge on any atom is 0.327 e. The van der Waals surface area contributed by atoms with Gasteiger partial charge in [-0.25, -0.2) is 0 Å². The van der Waals surface area contributed by atoms with Gasteiger partial charge in [0.15, 0.2) is 0 Å². The molecular weight excluding hydrogens is 527 g/mol. The Kier molecular flexibility index (Phi) is 13.4. The molecule has 0 saturated heterocycles. The predicted octanol–water partition coefficient (Wildman–Crippen LogP) is 8.47. The first-order valence-electron chi connectivity index (χ1n) is 10.9. The van der Waals surface area contributed by atoms with E-state index in [1.165, 1.54) is 62.5 Å². The van der Waals surface area contributed by atoms with Crippen molar-refractivity contribution < 1.29 is 14.3 Å². The lowest BCUT2D eigenvalue weighted by atomic mass is 9.87. The van der Waals surface area contributed by atoms with Crippen molar-refractivity contribution in [2.75, 3.05) is 6.61 Å². The summed E-state index contributed by atoms with van der Waals surface area (Å²) in [6, 6.07) is 17.5. The topological polar surface area (TPSA) is 49.7 Å². The normalized spacial score (nSPS) is 11.5. The molecular formula is C24H33Br2O3P. The summed E-state index contributed by atoms with van der Waals surface area (Å²) < 4.78 is 7.03. The Labute approximate surface area is 199 Å². The van der Waals surface area contributed by atoms with E-state index in [-0.39, 0.29) is 0 Å². The van der Waals surface area contributed by atoms with Crippen LogP contribution >= 0.6 is 40.5 Å². The van der Waals surface area contributed by atoms with E-state index in [0.717, 1.165) is 21.8 Å². The summed E-state index contributed by atoms with van der Waals surface area (Å²) in [5, 5.41) is 0. The smallest absolute Gasteiger partial charge is 0.327 e. The Bertz CT molecular complexity index is 647. The zero-order chi connectivity index (χ0) is 21.6. The maximum atomic E-state index is 8.68. The number of rotatable bonds is 15. The third-order valence-corrected chi connectivity index (χ3v) is 6.86. The van der Waals surface area contributed by atoms with Crippen molar-refractivity contribution in [1.29, 1.82) is 0 Å². The quantitative estimate of drug-likeness (QED) is 0.170. The number of benzene rings is 2. The molecule has 0 aromatic heterocycles. The van der Waals surface area contributed by atoms with Crippen LogP contribution in [0.1, 0.15) is 81.3 Å². The maximum absolute atomic E-state index is 8.68. The second-order valence-corrected chi connectivity index (χ2v) is 10.3. The van der Waals surface area contributed by atoms with Gasteiger partial charge in [-0.1, -0.05) is 107 Å². The first-order chi connectivity index (χ1) is 14.6. The van der Waals surface area contributed by atoms with E-state index in [9.17, 15) is 0 Å². The van der Waals surface area contributed by atoms with Gasteiger partial charge < -0.3 is 14.3 Å². The van der Waals surface area contributed by atoms with Gasteiger partial charge in [-0.05, 0) is 48.2 Å². The molecule has 0 fully saturated rings. The van der Waals surface area contributed by atoms with Gasteiger partial charge in [0.25, 0.3) is 0 Å². The summed E-state index contributed by atoms with van der Waals surface area (Å²) >= 11 is 7.09. The van der Waals surface area contributed by atoms with E-state index >= 15 is 0 Å². The van der Waals surface area contributed by atoms with Crippen molar-refractivity contribution in [3.05, 3.63) is 68.6 Å². The van der Waals surface area contributed by atoms with Crippen LogP contribution in [0.2, 0.25) is 0 Å². The highest BCUT2D eigenvalue weighted by Crippen LogP contribution is 2.32. The van der Waals surface area contributed by atoms with Crippen LogP contribution in [0.25, 0.3) is 0 Å². The van der Waals surface area contributed by atoms with Gasteiger partial charge in [-0.15, -0.1) is 0 Å². The molecule has 0 unspecified atom stereocenters. The predicted molar refractivity (Wildman–Crippen MR) is 134 cm³/mol. The lowest BCUT2D eigenvalue weighted by molar-refractivity contribution is 0.248. The highest BCUT2D eigenvalue weighted by atomic mass is 79.9. The number of halogens is 2. The Hall–Kier alpha value is -0.290. The fourth-order valence-electron chi connectivity index (χ4n) is 3.75. The van der Waals surface area contributed by atoms with E-state index < -0.39 is 8.60 Å². The second kappa shape index (κ2) is 15.5. The van der Waals surface area contributed by atoms with Crippen molar-refractivity contribution >= 4 is 40.5 Å². The van der Waals surface area contributed by atoms with Crippen molar-refractivity contribution in [3.63, 3.8) is 0 Å². The Morgan fingerprint density at radius 3 is 1.47 bits per heavy atom. The van der Waals surface area contributed by atoms with Crippen LogP contribution in [0.3, 0.4) is 0 Å². The van der Waals surface area contributed by atoms with Crippen LogP contribution in [-0.4, -0.2) is 16.4 Å². The van der Waals surface area contributed by atoms with Crippen LogP contribution in [0.4, 0.5) is 0 Å². The van der Waals surface area contributed by atoms with Crippen LogP contribution in [-0.2, 0) is 4.52 Å². The minimum absolute atomic E-state index is 0.451. The molecule has 0 aliphatic heterocycles. The lowest BCUT2D eigenvalue weighted by Crippen LogP contribution is -2.01. The Balaban J connectivity index is 1.65. The van der Waals surface area contributed by atoms with E-state index in [2.05, 4.69) is 80.4 Å². The molecule has 0 heterocycles. The van der Waals surface area contributed by atoms with Crippen molar-refractivity contribution in [2.24, 2.45) is 0 Å². The lowest BCUT2D eigenvalue weighted by Gasteiger charge is -2.18. The zero-order valence-electron chi connectivity index (χ0n) is 17.5. The minimum atomic E-state index is -2.18. The molecule has 0 radical (unpaired) electrons. The van der Waals surface area contributed by atoms with Crippen LogP contribution in [0, 0.1) is 0 Å². The van der Waals surface area contributed by atoms with Gasteiger partial charge in [-0.2, -0.15) is 0 Å². The standard InChI is InChI=1S/C24H33Br2O3P/c25-22-15-11-20(12-16-22)24(21-13-17-23(26)18-14-21)10-8-6-4-2-1-3-5-7-9-19-29-30(27)28/h11-18,24,27-28H,1-10,19H2. The number of hydrogen-bond donors (Lipinski definition) is 2. The van der Waals surface area contributed by atoms with Crippen LogP contribution < -0.4 is 0 Å². The Morgan fingerprint density at radius 1 is 0.633 bits per heavy atom. The summed E-state index contributed by atoms with van der Waals surface area (Å²) in [5.74, 6) is 0.451. The van der Waals surface area contributed by atoms with Gasteiger partial charge in [0.05, 0.1) is 6.61 Å².